The van der Waals surface area contributed by atoms with Gasteiger partial charge in [0.05, 0.1) is 13.2 Å². The topological polar surface area (TPSA) is 38.5 Å². The number of nitrogens with two attached hydrogens (primary N) is 1. The monoisotopic (exact) mass is 228 g/mol. The zero-order chi connectivity index (χ0) is 11.1. The number of thiophene rings is 1. The zero-order valence-corrected chi connectivity index (χ0v) is 10.3. The van der Waals surface area contributed by atoms with E-state index in [1.165, 1.54) is 9.75 Å². The molecule has 1 aromatic rings. The number of rotatable bonds is 7. The van der Waals surface area contributed by atoms with Crippen LogP contribution in [0.1, 0.15) is 9.75 Å². The van der Waals surface area contributed by atoms with Crippen molar-refractivity contribution in [3.05, 3.63) is 21.9 Å². The molecule has 0 unspecified atom stereocenters. The van der Waals surface area contributed by atoms with E-state index in [9.17, 15) is 0 Å². The predicted octanol–water partition coefficient (Wildman–Crippen LogP) is 1.46. The molecule has 0 bridgehead atoms. The Balaban J connectivity index is 2.15. The van der Waals surface area contributed by atoms with Gasteiger partial charge >= 0.3 is 0 Å². The summed E-state index contributed by atoms with van der Waals surface area (Å²) in [6, 6.07) is 4.36. The van der Waals surface area contributed by atoms with Crippen LogP contribution in [0.3, 0.4) is 0 Å². The van der Waals surface area contributed by atoms with Crippen LogP contribution in [0.5, 0.6) is 0 Å². The van der Waals surface area contributed by atoms with E-state index in [1.807, 2.05) is 11.3 Å². The van der Waals surface area contributed by atoms with E-state index in [0.29, 0.717) is 13.2 Å². The van der Waals surface area contributed by atoms with Crippen LogP contribution in [0.25, 0.3) is 0 Å². The van der Waals surface area contributed by atoms with Crippen molar-refractivity contribution in [3.63, 3.8) is 0 Å². The Morgan fingerprint density at radius 3 is 2.80 bits per heavy atom. The van der Waals surface area contributed by atoms with Crippen molar-refractivity contribution in [1.82, 2.24) is 4.90 Å². The first kappa shape index (κ1) is 12.6. The van der Waals surface area contributed by atoms with Crippen LogP contribution in [0, 0.1) is 6.92 Å². The lowest BCUT2D eigenvalue weighted by Gasteiger charge is -2.15. The molecule has 0 amide bonds. The maximum atomic E-state index is 5.33. The summed E-state index contributed by atoms with van der Waals surface area (Å²) in [6.07, 6.45) is 0. The van der Waals surface area contributed by atoms with Gasteiger partial charge in [-0.05, 0) is 26.1 Å². The molecule has 2 N–H and O–H groups in total. The van der Waals surface area contributed by atoms with Crippen LogP contribution in [-0.4, -0.2) is 38.3 Å². The summed E-state index contributed by atoms with van der Waals surface area (Å²) in [5, 5.41) is 0. The first-order valence-corrected chi connectivity index (χ1v) is 6.05. The molecule has 0 aliphatic carbocycles. The van der Waals surface area contributed by atoms with Crippen molar-refractivity contribution in [1.29, 1.82) is 0 Å². The summed E-state index contributed by atoms with van der Waals surface area (Å²) in [5.41, 5.74) is 5.33. The summed E-state index contributed by atoms with van der Waals surface area (Å²) in [6.45, 7) is 6.12. The third-order valence-electron chi connectivity index (χ3n) is 2.10. The molecule has 1 rings (SSSR count). The van der Waals surface area contributed by atoms with Gasteiger partial charge < -0.3 is 10.5 Å². The molecule has 0 atom stereocenters. The molecule has 0 spiro atoms. The molecule has 0 aromatic carbocycles. The van der Waals surface area contributed by atoms with E-state index < -0.39 is 0 Å². The van der Waals surface area contributed by atoms with Gasteiger partial charge in [0.1, 0.15) is 0 Å². The molecule has 3 nitrogen and oxygen atoms in total. The fourth-order valence-electron chi connectivity index (χ4n) is 1.32. The Bertz CT molecular complexity index is 275. The molecular formula is C11H20N2OS. The molecule has 1 aromatic heterocycles. The Kier molecular flexibility index (Phi) is 5.86. The lowest BCUT2D eigenvalue weighted by Crippen LogP contribution is -2.23. The Morgan fingerprint density at radius 2 is 2.20 bits per heavy atom. The molecule has 4 heteroatoms. The second-order valence-corrected chi connectivity index (χ2v) is 5.02. The maximum absolute atomic E-state index is 5.33. The fourth-order valence-corrected chi connectivity index (χ4v) is 2.29. The van der Waals surface area contributed by atoms with Gasteiger partial charge in [0.15, 0.2) is 0 Å². The third-order valence-corrected chi connectivity index (χ3v) is 3.09. The van der Waals surface area contributed by atoms with Crippen LogP contribution >= 0.6 is 11.3 Å². The minimum atomic E-state index is 0.605. The molecule has 0 saturated carbocycles. The van der Waals surface area contributed by atoms with Crippen LogP contribution in [0.2, 0.25) is 0 Å². The minimum absolute atomic E-state index is 0.605. The largest absolute Gasteiger partial charge is 0.379 e. The van der Waals surface area contributed by atoms with E-state index in [2.05, 4.69) is 31.0 Å². The van der Waals surface area contributed by atoms with E-state index in [4.69, 9.17) is 10.5 Å². The number of hydrogen-bond donors (Lipinski definition) is 1. The van der Waals surface area contributed by atoms with Crippen LogP contribution in [0.4, 0.5) is 0 Å². The van der Waals surface area contributed by atoms with Crippen molar-refractivity contribution in [2.75, 3.05) is 33.4 Å². The summed E-state index contributed by atoms with van der Waals surface area (Å²) < 4.78 is 5.33. The van der Waals surface area contributed by atoms with Crippen LogP contribution in [-0.2, 0) is 11.3 Å². The highest BCUT2D eigenvalue weighted by atomic mass is 32.1. The van der Waals surface area contributed by atoms with E-state index >= 15 is 0 Å². The molecule has 86 valence electrons. The molecule has 0 saturated heterocycles. The number of ether oxygens (including phenoxy) is 1. The minimum Gasteiger partial charge on any atom is -0.379 e. The molecule has 0 aliphatic heterocycles. The Hall–Kier alpha value is -0.420. The average molecular weight is 228 g/mol. The van der Waals surface area contributed by atoms with Gasteiger partial charge in [-0.25, -0.2) is 0 Å². The van der Waals surface area contributed by atoms with Gasteiger partial charge in [-0.1, -0.05) is 0 Å². The van der Waals surface area contributed by atoms with Gasteiger partial charge in [0.2, 0.25) is 0 Å². The number of hydrogen-bond acceptors (Lipinski definition) is 4. The SMILES string of the molecule is Cc1ccc(CN(C)CCOCCN)s1. The third kappa shape index (κ3) is 5.28. The standard InChI is InChI=1S/C11H20N2OS/c1-10-3-4-11(15-10)9-13(2)6-8-14-7-5-12/h3-4H,5-9,12H2,1-2H3. The Labute approximate surface area is 95.8 Å². The molecule has 0 aliphatic rings. The van der Waals surface area contributed by atoms with Gasteiger partial charge in [0.25, 0.3) is 0 Å². The first-order valence-electron chi connectivity index (χ1n) is 5.24. The van der Waals surface area contributed by atoms with Crippen LogP contribution < -0.4 is 5.73 Å². The van der Waals surface area contributed by atoms with Gasteiger partial charge in [-0.2, -0.15) is 0 Å². The summed E-state index contributed by atoms with van der Waals surface area (Å²) in [7, 11) is 2.11. The summed E-state index contributed by atoms with van der Waals surface area (Å²) in [4.78, 5) is 5.05. The molecule has 1 heterocycles. The predicted molar refractivity (Wildman–Crippen MR) is 65.3 cm³/mol. The lowest BCUT2D eigenvalue weighted by atomic mass is 10.4. The second kappa shape index (κ2) is 6.95. The normalized spacial score (nSPS) is 11.2. The van der Waals surface area contributed by atoms with Gasteiger partial charge in [-0.3, -0.25) is 4.90 Å². The molecular weight excluding hydrogens is 208 g/mol. The van der Waals surface area contributed by atoms with Crippen molar-refractivity contribution in [2.45, 2.75) is 13.5 Å². The van der Waals surface area contributed by atoms with Crippen molar-refractivity contribution in [2.24, 2.45) is 5.73 Å². The zero-order valence-electron chi connectivity index (χ0n) is 9.53. The quantitative estimate of drug-likeness (QED) is 0.718. The van der Waals surface area contributed by atoms with Crippen molar-refractivity contribution >= 4 is 11.3 Å². The highest BCUT2D eigenvalue weighted by Gasteiger charge is 2.01. The lowest BCUT2D eigenvalue weighted by molar-refractivity contribution is 0.116. The number of likely N-dealkylation sites (N-methyl/N-ethyl adjacent to an activating group) is 1. The van der Waals surface area contributed by atoms with Gasteiger partial charge in [0, 0.05) is 29.4 Å². The van der Waals surface area contributed by atoms with E-state index in [1.54, 1.807) is 0 Å². The molecule has 0 fully saturated rings. The second-order valence-electron chi connectivity index (χ2n) is 3.65. The van der Waals surface area contributed by atoms with E-state index in [0.717, 1.165) is 19.7 Å². The van der Waals surface area contributed by atoms with Gasteiger partial charge in [-0.15, -0.1) is 11.3 Å². The van der Waals surface area contributed by atoms with Crippen LogP contribution in [0.15, 0.2) is 12.1 Å². The fraction of sp³-hybridized carbons (Fsp3) is 0.636. The first-order chi connectivity index (χ1) is 7.22. The Morgan fingerprint density at radius 1 is 1.40 bits per heavy atom. The molecule has 0 radical (unpaired) electrons. The number of aryl methyl sites for hydroxylation is 1. The van der Waals surface area contributed by atoms with Crippen molar-refractivity contribution in [3.8, 4) is 0 Å². The smallest absolute Gasteiger partial charge is 0.0594 e. The van der Waals surface area contributed by atoms with E-state index in [-0.39, 0.29) is 0 Å². The number of nitrogens with zero attached hydrogens (tertiary/aromatic N) is 1. The average Bonchev–Trinajstić information content (AvgIpc) is 2.59. The summed E-state index contributed by atoms with van der Waals surface area (Å²) >= 11 is 1.86. The summed E-state index contributed by atoms with van der Waals surface area (Å²) in [5.74, 6) is 0. The highest BCUT2D eigenvalue weighted by Crippen LogP contribution is 2.16. The van der Waals surface area contributed by atoms with Crippen molar-refractivity contribution < 1.29 is 4.74 Å². The maximum Gasteiger partial charge on any atom is 0.0594 e. The molecule has 15 heavy (non-hydrogen) atoms. The highest BCUT2D eigenvalue weighted by molar-refractivity contribution is 7.11.